The van der Waals surface area contributed by atoms with Crippen molar-refractivity contribution in [3.8, 4) is 0 Å². The summed E-state index contributed by atoms with van der Waals surface area (Å²) in [7, 11) is -3.36. The Balaban J connectivity index is 2.17. The molecular weight excluding hydrogens is 260 g/mol. The lowest BCUT2D eigenvalue weighted by Crippen LogP contribution is -2.31. The van der Waals surface area contributed by atoms with Crippen LogP contribution in [0.1, 0.15) is 25.8 Å². The van der Waals surface area contributed by atoms with E-state index in [-0.39, 0.29) is 6.04 Å². The van der Waals surface area contributed by atoms with E-state index in [2.05, 4.69) is 13.8 Å². The van der Waals surface area contributed by atoms with Gasteiger partial charge in [-0.05, 0) is 36.5 Å². The maximum atomic E-state index is 12.4. The first-order chi connectivity index (χ1) is 8.89. The summed E-state index contributed by atoms with van der Waals surface area (Å²) in [4.78, 5) is 0.370. The van der Waals surface area contributed by atoms with Crippen molar-refractivity contribution in [2.75, 3.05) is 13.1 Å². The molecule has 1 aromatic rings. The Morgan fingerprint density at radius 2 is 1.95 bits per heavy atom. The number of rotatable bonds is 4. The van der Waals surface area contributed by atoms with Crippen molar-refractivity contribution in [3.63, 3.8) is 0 Å². The summed E-state index contributed by atoms with van der Waals surface area (Å²) in [6.45, 7) is 5.25. The molecule has 5 heteroatoms. The van der Waals surface area contributed by atoms with Crippen LogP contribution in [-0.4, -0.2) is 31.9 Å². The maximum Gasteiger partial charge on any atom is 0.243 e. The van der Waals surface area contributed by atoms with Crippen molar-refractivity contribution in [1.29, 1.82) is 0 Å². The van der Waals surface area contributed by atoms with Gasteiger partial charge < -0.3 is 5.73 Å². The van der Waals surface area contributed by atoms with Gasteiger partial charge in [0, 0.05) is 19.1 Å². The molecule has 106 valence electrons. The van der Waals surface area contributed by atoms with Gasteiger partial charge in [0.2, 0.25) is 10.0 Å². The fourth-order valence-corrected chi connectivity index (χ4v) is 3.90. The van der Waals surface area contributed by atoms with E-state index in [1.807, 2.05) is 12.1 Å². The van der Waals surface area contributed by atoms with Crippen LogP contribution in [0.3, 0.4) is 0 Å². The third-order valence-corrected chi connectivity index (χ3v) is 5.27. The number of nitrogens with two attached hydrogens (primary N) is 1. The quantitative estimate of drug-likeness (QED) is 0.912. The highest BCUT2D eigenvalue weighted by Gasteiger charge is 2.30. The maximum absolute atomic E-state index is 12.4. The molecule has 0 bridgehead atoms. The second-order valence-electron chi connectivity index (χ2n) is 5.65. The predicted molar refractivity (Wildman–Crippen MR) is 76.3 cm³/mol. The summed E-state index contributed by atoms with van der Waals surface area (Å²) >= 11 is 0. The molecule has 2 rings (SSSR count). The largest absolute Gasteiger partial charge is 0.326 e. The monoisotopic (exact) mass is 282 g/mol. The van der Waals surface area contributed by atoms with Crippen LogP contribution in [0.2, 0.25) is 0 Å². The number of nitrogens with zero attached hydrogens (tertiary/aromatic N) is 1. The third kappa shape index (κ3) is 3.35. The van der Waals surface area contributed by atoms with Gasteiger partial charge in [-0.3, -0.25) is 0 Å². The van der Waals surface area contributed by atoms with Gasteiger partial charge in [0.1, 0.15) is 0 Å². The van der Waals surface area contributed by atoms with Crippen molar-refractivity contribution in [1.82, 2.24) is 4.31 Å². The van der Waals surface area contributed by atoms with Crippen LogP contribution in [0.5, 0.6) is 0 Å². The van der Waals surface area contributed by atoms with Crippen LogP contribution in [0.4, 0.5) is 0 Å². The molecule has 0 unspecified atom stereocenters. The summed E-state index contributed by atoms with van der Waals surface area (Å²) < 4.78 is 26.2. The topological polar surface area (TPSA) is 63.4 Å². The predicted octanol–water partition coefficient (Wildman–Crippen LogP) is 1.61. The zero-order valence-electron chi connectivity index (χ0n) is 11.5. The van der Waals surface area contributed by atoms with Crippen LogP contribution < -0.4 is 5.73 Å². The average molecular weight is 282 g/mol. The van der Waals surface area contributed by atoms with Crippen LogP contribution in [0.25, 0.3) is 0 Å². The number of sulfonamides is 1. The number of hydrogen-bond donors (Lipinski definition) is 1. The molecule has 1 aliphatic heterocycles. The number of benzene rings is 1. The van der Waals surface area contributed by atoms with E-state index in [0.717, 1.165) is 12.8 Å². The Hall–Kier alpha value is -0.910. The molecular formula is C14H22N2O2S. The Morgan fingerprint density at radius 3 is 2.42 bits per heavy atom. The van der Waals surface area contributed by atoms with Gasteiger partial charge in [-0.2, -0.15) is 4.31 Å². The molecule has 1 aliphatic rings. The Kier molecular flexibility index (Phi) is 4.28. The SMILES string of the molecule is CC(C)Cc1ccc(S(=O)(=O)N2CC[C@@H](N)C2)cc1. The zero-order chi connectivity index (χ0) is 14.0. The standard InChI is InChI=1S/C14H22N2O2S/c1-11(2)9-12-3-5-14(6-4-12)19(17,18)16-8-7-13(15)10-16/h3-6,11,13H,7-10,15H2,1-2H3/t13-/m1/s1. The Bertz CT molecular complexity index is 523. The molecule has 4 nitrogen and oxygen atoms in total. The normalized spacial score (nSPS) is 21.2. The molecule has 0 saturated carbocycles. The van der Waals surface area contributed by atoms with Gasteiger partial charge in [0.25, 0.3) is 0 Å². The summed E-state index contributed by atoms with van der Waals surface area (Å²) in [6, 6.07) is 7.19. The Labute approximate surface area is 115 Å². The minimum atomic E-state index is -3.36. The van der Waals surface area contributed by atoms with Gasteiger partial charge in [-0.25, -0.2) is 8.42 Å². The van der Waals surface area contributed by atoms with Crippen molar-refractivity contribution < 1.29 is 8.42 Å². The van der Waals surface area contributed by atoms with Crippen molar-refractivity contribution in [3.05, 3.63) is 29.8 Å². The van der Waals surface area contributed by atoms with Crippen molar-refractivity contribution >= 4 is 10.0 Å². The molecule has 0 aromatic heterocycles. The highest BCUT2D eigenvalue weighted by molar-refractivity contribution is 7.89. The lowest BCUT2D eigenvalue weighted by Gasteiger charge is -2.16. The summed E-state index contributed by atoms with van der Waals surface area (Å²) in [5.41, 5.74) is 6.95. The van der Waals surface area contributed by atoms with E-state index in [1.54, 1.807) is 12.1 Å². The first kappa shape index (κ1) is 14.5. The van der Waals surface area contributed by atoms with Gasteiger partial charge >= 0.3 is 0 Å². The third-order valence-electron chi connectivity index (χ3n) is 3.39. The molecule has 1 aromatic carbocycles. The highest BCUT2D eigenvalue weighted by atomic mass is 32.2. The van der Waals surface area contributed by atoms with E-state index >= 15 is 0 Å². The zero-order valence-corrected chi connectivity index (χ0v) is 12.4. The molecule has 2 N–H and O–H groups in total. The van der Waals surface area contributed by atoms with E-state index in [9.17, 15) is 8.42 Å². The van der Waals surface area contributed by atoms with E-state index in [1.165, 1.54) is 9.87 Å². The fourth-order valence-electron chi connectivity index (χ4n) is 2.39. The first-order valence-electron chi connectivity index (χ1n) is 6.74. The molecule has 1 fully saturated rings. The van der Waals surface area contributed by atoms with Gasteiger partial charge in [-0.15, -0.1) is 0 Å². The lowest BCUT2D eigenvalue weighted by molar-refractivity contribution is 0.472. The molecule has 1 heterocycles. The second kappa shape index (κ2) is 5.61. The van der Waals surface area contributed by atoms with E-state index in [4.69, 9.17) is 5.73 Å². The first-order valence-corrected chi connectivity index (χ1v) is 8.18. The van der Waals surface area contributed by atoms with Crippen LogP contribution in [0.15, 0.2) is 29.2 Å². The van der Waals surface area contributed by atoms with Crippen LogP contribution in [-0.2, 0) is 16.4 Å². The molecule has 19 heavy (non-hydrogen) atoms. The van der Waals surface area contributed by atoms with Crippen LogP contribution in [0, 0.1) is 5.92 Å². The smallest absolute Gasteiger partial charge is 0.243 e. The van der Waals surface area contributed by atoms with Crippen molar-refractivity contribution in [2.24, 2.45) is 11.7 Å². The number of hydrogen-bond acceptors (Lipinski definition) is 3. The highest BCUT2D eigenvalue weighted by Crippen LogP contribution is 2.21. The van der Waals surface area contributed by atoms with Gasteiger partial charge in [-0.1, -0.05) is 26.0 Å². The fraction of sp³-hybridized carbons (Fsp3) is 0.571. The minimum Gasteiger partial charge on any atom is -0.326 e. The molecule has 1 saturated heterocycles. The second-order valence-corrected chi connectivity index (χ2v) is 7.59. The summed E-state index contributed by atoms with van der Waals surface area (Å²) in [5.74, 6) is 0.569. The molecule has 0 amide bonds. The molecule has 0 radical (unpaired) electrons. The minimum absolute atomic E-state index is 0.0324. The molecule has 0 spiro atoms. The van der Waals surface area contributed by atoms with Gasteiger partial charge in [0.15, 0.2) is 0 Å². The molecule has 1 atom stereocenters. The van der Waals surface area contributed by atoms with Crippen LogP contribution >= 0.6 is 0 Å². The Morgan fingerprint density at radius 1 is 1.32 bits per heavy atom. The van der Waals surface area contributed by atoms with Gasteiger partial charge in [0.05, 0.1) is 4.90 Å². The summed E-state index contributed by atoms with van der Waals surface area (Å²) in [5, 5.41) is 0. The van der Waals surface area contributed by atoms with E-state index in [0.29, 0.717) is 23.9 Å². The summed E-state index contributed by atoms with van der Waals surface area (Å²) in [6.07, 6.45) is 1.71. The molecule has 0 aliphatic carbocycles. The van der Waals surface area contributed by atoms with Crippen molar-refractivity contribution in [2.45, 2.75) is 37.6 Å². The lowest BCUT2D eigenvalue weighted by atomic mass is 10.0. The van der Waals surface area contributed by atoms with E-state index < -0.39 is 10.0 Å². The average Bonchev–Trinajstić information content (AvgIpc) is 2.76.